The lowest BCUT2D eigenvalue weighted by atomic mass is 10.2. The fourth-order valence-electron chi connectivity index (χ4n) is 3.66. The van der Waals surface area contributed by atoms with Crippen molar-refractivity contribution < 1.29 is 4.39 Å². The molecule has 0 atom stereocenters. The van der Waals surface area contributed by atoms with E-state index in [1.165, 1.54) is 18.5 Å². The third-order valence-corrected chi connectivity index (χ3v) is 5.24. The molecular weight excluding hydrogens is 405 g/mol. The Morgan fingerprint density at radius 3 is 2.50 bits per heavy atom. The minimum Gasteiger partial charge on any atom is -0.298 e. The minimum atomic E-state index is -0.523. The Kier molecular flexibility index (Phi) is 4.29. The maximum atomic E-state index is 13.8. The summed E-state index contributed by atoms with van der Waals surface area (Å²) in [7, 11) is 0. The van der Waals surface area contributed by atoms with E-state index in [1.807, 2.05) is 38.1 Å². The SMILES string of the molecule is CC(C)Cn1cnc2c(c1=O)c1nc3ccccc3nc1n2-c1ccc(F)c(Cl)c1. The van der Waals surface area contributed by atoms with Gasteiger partial charge >= 0.3 is 0 Å². The summed E-state index contributed by atoms with van der Waals surface area (Å²) in [5.41, 5.74) is 3.07. The van der Waals surface area contributed by atoms with E-state index < -0.39 is 5.82 Å². The summed E-state index contributed by atoms with van der Waals surface area (Å²) >= 11 is 6.03. The number of fused-ring (bicyclic) bond motifs is 4. The lowest BCUT2D eigenvalue weighted by molar-refractivity contribution is 0.508. The molecule has 0 amide bonds. The number of rotatable bonds is 3. The zero-order valence-electron chi connectivity index (χ0n) is 16.3. The first-order valence-electron chi connectivity index (χ1n) is 9.56. The van der Waals surface area contributed by atoms with Crippen LogP contribution in [0.5, 0.6) is 0 Å². The minimum absolute atomic E-state index is 0.0237. The van der Waals surface area contributed by atoms with Gasteiger partial charge in [-0.15, -0.1) is 0 Å². The van der Waals surface area contributed by atoms with E-state index in [9.17, 15) is 9.18 Å². The van der Waals surface area contributed by atoms with E-state index >= 15 is 0 Å². The first kappa shape index (κ1) is 18.7. The monoisotopic (exact) mass is 421 g/mol. The highest BCUT2D eigenvalue weighted by Crippen LogP contribution is 2.29. The van der Waals surface area contributed by atoms with Gasteiger partial charge in [-0.25, -0.2) is 19.3 Å². The van der Waals surface area contributed by atoms with Crippen molar-refractivity contribution in [2.24, 2.45) is 5.92 Å². The van der Waals surface area contributed by atoms with Crippen molar-refractivity contribution in [1.29, 1.82) is 0 Å². The molecule has 3 aromatic heterocycles. The lowest BCUT2D eigenvalue weighted by Crippen LogP contribution is -2.23. The van der Waals surface area contributed by atoms with Crippen LogP contribution in [0, 0.1) is 11.7 Å². The average molecular weight is 422 g/mol. The standard InChI is InChI=1S/C22H17ClFN5O/c1-12(2)10-28-11-25-20-18(22(28)30)19-21(27-17-6-4-3-5-16(17)26-19)29(20)13-7-8-15(24)14(23)9-13/h3-9,11-12H,10H2,1-2H3. The van der Waals surface area contributed by atoms with Crippen LogP contribution in [0.4, 0.5) is 4.39 Å². The lowest BCUT2D eigenvalue weighted by Gasteiger charge is -2.09. The van der Waals surface area contributed by atoms with Crippen LogP contribution in [0.3, 0.4) is 0 Å². The van der Waals surface area contributed by atoms with E-state index in [0.29, 0.717) is 45.5 Å². The highest BCUT2D eigenvalue weighted by Gasteiger charge is 2.21. The molecule has 5 aromatic rings. The fourth-order valence-corrected chi connectivity index (χ4v) is 3.84. The van der Waals surface area contributed by atoms with Crippen molar-refractivity contribution in [3.05, 3.63) is 70.0 Å². The Labute approximate surface area is 175 Å². The molecule has 0 saturated carbocycles. The number of nitrogens with zero attached hydrogens (tertiary/aromatic N) is 5. The molecule has 5 rings (SSSR count). The van der Waals surface area contributed by atoms with Crippen molar-refractivity contribution >= 4 is 44.8 Å². The van der Waals surface area contributed by atoms with Crippen LogP contribution in [0.25, 0.3) is 38.9 Å². The fraction of sp³-hybridized carbons (Fsp3) is 0.182. The summed E-state index contributed by atoms with van der Waals surface area (Å²) in [4.78, 5) is 27.4. The summed E-state index contributed by atoms with van der Waals surface area (Å²) in [6, 6.07) is 11.8. The number of benzene rings is 2. The van der Waals surface area contributed by atoms with Gasteiger partial charge in [0.05, 0.1) is 28.1 Å². The Balaban J connectivity index is 1.96. The molecule has 0 aliphatic heterocycles. The van der Waals surface area contributed by atoms with Gasteiger partial charge in [-0.3, -0.25) is 13.9 Å². The van der Waals surface area contributed by atoms with Crippen LogP contribution in [-0.4, -0.2) is 24.1 Å². The molecule has 0 N–H and O–H groups in total. The Morgan fingerprint density at radius 2 is 1.80 bits per heavy atom. The Hall–Kier alpha value is -3.32. The molecule has 0 spiro atoms. The number of hydrogen-bond donors (Lipinski definition) is 0. The molecule has 6 nitrogen and oxygen atoms in total. The van der Waals surface area contributed by atoms with Crippen molar-refractivity contribution in [1.82, 2.24) is 24.1 Å². The molecule has 0 saturated heterocycles. The van der Waals surface area contributed by atoms with Crippen molar-refractivity contribution in [2.45, 2.75) is 20.4 Å². The van der Waals surface area contributed by atoms with Crippen LogP contribution in [-0.2, 0) is 6.54 Å². The average Bonchev–Trinajstić information content (AvgIpc) is 3.04. The third-order valence-electron chi connectivity index (χ3n) is 4.95. The Morgan fingerprint density at radius 1 is 1.07 bits per heavy atom. The van der Waals surface area contributed by atoms with Crippen LogP contribution in [0.1, 0.15) is 13.8 Å². The second kappa shape index (κ2) is 6.88. The molecular formula is C22H17ClFN5O. The van der Waals surface area contributed by atoms with E-state index in [2.05, 4.69) is 4.98 Å². The maximum absolute atomic E-state index is 13.8. The van der Waals surface area contributed by atoms with E-state index in [-0.39, 0.29) is 16.5 Å². The molecule has 30 heavy (non-hydrogen) atoms. The molecule has 0 unspecified atom stereocenters. The number of halogens is 2. The molecule has 150 valence electrons. The second-order valence-corrected chi connectivity index (χ2v) is 8.02. The molecule has 0 aliphatic rings. The highest BCUT2D eigenvalue weighted by atomic mass is 35.5. The number of para-hydroxylation sites is 2. The zero-order valence-corrected chi connectivity index (χ0v) is 17.1. The van der Waals surface area contributed by atoms with Crippen molar-refractivity contribution in [2.75, 3.05) is 0 Å². The molecule has 2 aromatic carbocycles. The topological polar surface area (TPSA) is 65.6 Å². The predicted octanol–water partition coefficient (Wildman–Crippen LogP) is 4.73. The first-order valence-corrected chi connectivity index (χ1v) is 9.93. The van der Waals surface area contributed by atoms with Gasteiger partial charge in [0.1, 0.15) is 16.7 Å². The maximum Gasteiger partial charge on any atom is 0.265 e. The predicted molar refractivity (Wildman–Crippen MR) is 116 cm³/mol. The van der Waals surface area contributed by atoms with Gasteiger partial charge in [-0.1, -0.05) is 37.6 Å². The molecule has 8 heteroatoms. The summed E-state index contributed by atoms with van der Waals surface area (Å²) < 4.78 is 17.1. The molecule has 0 fully saturated rings. The zero-order chi connectivity index (χ0) is 21.0. The number of hydrogen-bond acceptors (Lipinski definition) is 4. The van der Waals surface area contributed by atoms with E-state index in [0.717, 1.165) is 0 Å². The van der Waals surface area contributed by atoms with Gasteiger partial charge in [-0.05, 0) is 36.2 Å². The van der Waals surface area contributed by atoms with Crippen molar-refractivity contribution in [3.63, 3.8) is 0 Å². The van der Waals surface area contributed by atoms with Gasteiger partial charge in [0.2, 0.25) is 0 Å². The normalized spacial score (nSPS) is 11.9. The quantitative estimate of drug-likeness (QED) is 0.422. The van der Waals surface area contributed by atoms with Crippen LogP contribution < -0.4 is 5.56 Å². The molecule has 3 heterocycles. The largest absolute Gasteiger partial charge is 0.298 e. The molecule has 0 bridgehead atoms. The summed E-state index contributed by atoms with van der Waals surface area (Å²) in [5.74, 6) is -0.247. The van der Waals surface area contributed by atoms with Gasteiger partial charge < -0.3 is 0 Å². The summed E-state index contributed by atoms with van der Waals surface area (Å²) in [6.07, 6.45) is 1.53. The van der Waals surface area contributed by atoms with E-state index in [4.69, 9.17) is 21.6 Å². The van der Waals surface area contributed by atoms with Crippen LogP contribution in [0.15, 0.2) is 53.6 Å². The number of aromatic nitrogens is 5. The van der Waals surface area contributed by atoms with Gasteiger partial charge in [0, 0.05) is 6.54 Å². The van der Waals surface area contributed by atoms with E-state index in [1.54, 1.807) is 15.2 Å². The van der Waals surface area contributed by atoms with Gasteiger partial charge in [0.25, 0.3) is 5.56 Å². The van der Waals surface area contributed by atoms with Gasteiger partial charge in [-0.2, -0.15) is 0 Å². The van der Waals surface area contributed by atoms with Gasteiger partial charge in [0.15, 0.2) is 11.3 Å². The first-order chi connectivity index (χ1) is 14.4. The second-order valence-electron chi connectivity index (χ2n) is 7.61. The van der Waals surface area contributed by atoms with Crippen molar-refractivity contribution in [3.8, 4) is 5.69 Å². The van der Waals surface area contributed by atoms with Crippen LogP contribution >= 0.6 is 11.6 Å². The Bertz CT molecular complexity index is 1510. The smallest absolute Gasteiger partial charge is 0.265 e. The third kappa shape index (κ3) is 2.85. The summed E-state index contributed by atoms with van der Waals surface area (Å²) in [6.45, 7) is 4.61. The summed E-state index contributed by atoms with van der Waals surface area (Å²) in [5, 5.41) is 0.358. The molecule has 0 aliphatic carbocycles. The highest BCUT2D eigenvalue weighted by molar-refractivity contribution is 6.31. The van der Waals surface area contributed by atoms with Crippen LogP contribution in [0.2, 0.25) is 5.02 Å². The molecule has 0 radical (unpaired) electrons.